The van der Waals surface area contributed by atoms with Crippen molar-refractivity contribution in [3.63, 3.8) is 0 Å². The maximum atomic E-state index is 11.1. The summed E-state index contributed by atoms with van der Waals surface area (Å²) in [6.45, 7) is 3.83. The Bertz CT molecular complexity index is 309. The highest BCUT2D eigenvalue weighted by Gasteiger charge is 1.96. The lowest BCUT2D eigenvalue weighted by Crippen LogP contribution is -1.90. The highest BCUT2D eigenvalue weighted by atomic mass is 16.1. The third kappa shape index (κ3) is 2.86. The van der Waals surface area contributed by atoms with E-state index in [1.807, 2.05) is 44.2 Å². The Kier molecular flexibility index (Phi) is 3.44. The van der Waals surface area contributed by atoms with Gasteiger partial charge in [0.2, 0.25) is 0 Å². The minimum Gasteiger partial charge on any atom is -0.295 e. The smallest absolute Gasteiger partial charge is 0.155 e. The van der Waals surface area contributed by atoms with Gasteiger partial charge >= 0.3 is 0 Å². The molecule has 1 aromatic rings. The van der Waals surface area contributed by atoms with E-state index >= 15 is 0 Å². The van der Waals surface area contributed by atoms with E-state index in [0.29, 0.717) is 6.42 Å². The van der Waals surface area contributed by atoms with E-state index in [4.69, 9.17) is 0 Å². The number of allylic oxidation sites excluding steroid dienone is 2. The van der Waals surface area contributed by atoms with Crippen molar-refractivity contribution < 1.29 is 4.79 Å². The highest BCUT2D eigenvalue weighted by Crippen LogP contribution is 2.12. The Balaban J connectivity index is 2.85. The van der Waals surface area contributed by atoms with Crippen LogP contribution in [0.3, 0.4) is 0 Å². The molecule has 0 saturated heterocycles. The average Bonchev–Trinajstić information content (AvgIpc) is 2.19. The fourth-order valence-electron chi connectivity index (χ4n) is 1.13. The molecule has 1 nitrogen and oxygen atoms in total. The van der Waals surface area contributed by atoms with E-state index in [-0.39, 0.29) is 5.78 Å². The molecule has 0 radical (unpaired) electrons. The lowest BCUT2D eigenvalue weighted by Gasteiger charge is -1.99. The van der Waals surface area contributed by atoms with Gasteiger partial charge in [0.05, 0.1) is 0 Å². The van der Waals surface area contributed by atoms with Crippen LogP contribution in [0.15, 0.2) is 36.4 Å². The third-order valence-electron chi connectivity index (χ3n) is 1.96. The SMILES string of the molecule is CCC(=O)/C=C(/C)c1ccccc1. The van der Waals surface area contributed by atoms with Crippen LogP contribution < -0.4 is 0 Å². The molecule has 0 N–H and O–H groups in total. The van der Waals surface area contributed by atoms with Crippen LogP contribution in [0.2, 0.25) is 0 Å². The lowest BCUT2D eigenvalue weighted by atomic mass is 10.1. The van der Waals surface area contributed by atoms with Gasteiger partial charge in [-0.15, -0.1) is 0 Å². The minimum atomic E-state index is 0.182. The van der Waals surface area contributed by atoms with Crippen LogP contribution in [0.5, 0.6) is 0 Å². The number of hydrogen-bond donors (Lipinski definition) is 0. The molecule has 1 heteroatoms. The second kappa shape index (κ2) is 4.61. The normalized spacial score (nSPS) is 11.4. The van der Waals surface area contributed by atoms with Gasteiger partial charge in [0, 0.05) is 6.42 Å². The molecule has 0 saturated carbocycles. The summed E-state index contributed by atoms with van der Waals surface area (Å²) in [7, 11) is 0. The van der Waals surface area contributed by atoms with Gasteiger partial charge in [0.25, 0.3) is 0 Å². The molecule has 0 atom stereocenters. The first-order chi connectivity index (χ1) is 6.24. The van der Waals surface area contributed by atoms with Gasteiger partial charge in [-0.3, -0.25) is 4.79 Å². The molecule has 1 rings (SSSR count). The summed E-state index contributed by atoms with van der Waals surface area (Å²) in [5.41, 5.74) is 2.15. The lowest BCUT2D eigenvalue weighted by molar-refractivity contribution is -0.114. The van der Waals surface area contributed by atoms with Crippen molar-refractivity contribution in [2.24, 2.45) is 0 Å². The Hall–Kier alpha value is -1.37. The summed E-state index contributed by atoms with van der Waals surface area (Å²) in [6, 6.07) is 9.94. The van der Waals surface area contributed by atoms with Crippen molar-refractivity contribution in [3.05, 3.63) is 42.0 Å². The zero-order valence-corrected chi connectivity index (χ0v) is 8.08. The largest absolute Gasteiger partial charge is 0.295 e. The van der Waals surface area contributed by atoms with E-state index in [0.717, 1.165) is 11.1 Å². The Labute approximate surface area is 79.1 Å². The predicted molar refractivity (Wildman–Crippen MR) is 55.4 cm³/mol. The van der Waals surface area contributed by atoms with Gasteiger partial charge in [0.15, 0.2) is 5.78 Å². The van der Waals surface area contributed by atoms with Gasteiger partial charge in [-0.1, -0.05) is 37.3 Å². The summed E-state index contributed by atoms with van der Waals surface area (Å²) >= 11 is 0. The number of benzene rings is 1. The Morgan fingerprint density at radius 3 is 2.46 bits per heavy atom. The van der Waals surface area contributed by atoms with Crippen molar-refractivity contribution in [2.75, 3.05) is 0 Å². The summed E-state index contributed by atoms with van der Waals surface area (Å²) in [6.07, 6.45) is 2.28. The molecular formula is C12H14O. The topological polar surface area (TPSA) is 17.1 Å². The van der Waals surface area contributed by atoms with Crippen molar-refractivity contribution in [1.29, 1.82) is 0 Å². The number of ketones is 1. The first-order valence-corrected chi connectivity index (χ1v) is 4.50. The number of hydrogen-bond acceptors (Lipinski definition) is 1. The fourth-order valence-corrected chi connectivity index (χ4v) is 1.13. The Morgan fingerprint density at radius 2 is 1.92 bits per heavy atom. The van der Waals surface area contributed by atoms with Crippen LogP contribution in [0.1, 0.15) is 25.8 Å². The number of rotatable bonds is 3. The van der Waals surface area contributed by atoms with Crippen LogP contribution in [0, 0.1) is 0 Å². The first kappa shape index (κ1) is 9.72. The second-order valence-corrected chi connectivity index (χ2v) is 3.01. The van der Waals surface area contributed by atoms with Crippen LogP contribution in [0.4, 0.5) is 0 Å². The van der Waals surface area contributed by atoms with Gasteiger partial charge in [-0.2, -0.15) is 0 Å². The summed E-state index contributed by atoms with van der Waals surface area (Å²) in [4.78, 5) is 11.1. The molecule has 0 fully saturated rings. The molecule has 68 valence electrons. The highest BCUT2D eigenvalue weighted by molar-refractivity contribution is 5.96. The van der Waals surface area contributed by atoms with Gasteiger partial charge < -0.3 is 0 Å². The molecule has 0 aromatic heterocycles. The monoisotopic (exact) mass is 174 g/mol. The fraction of sp³-hybridized carbons (Fsp3) is 0.250. The third-order valence-corrected chi connectivity index (χ3v) is 1.96. The van der Waals surface area contributed by atoms with Crippen molar-refractivity contribution in [1.82, 2.24) is 0 Å². The first-order valence-electron chi connectivity index (χ1n) is 4.50. The summed E-state index contributed by atoms with van der Waals surface area (Å²) in [5, 5.41) is 0. The van der Waals surface area contributed by atoms with E-state index in [1.54, 1.807) is 6.08 Å². The standard InChI is InChI=1S/C12H14O/c1-3-12(13)9-10(2)11-7-5-4-6-8-11/h4-9H,3H2,1-2H3/b10-9-. The average molecular weight is 174 g/mol. The van der Waals surface area contributed by atoms with E-state index in [9.17, 15) is 4.79 Å². The molecule has 0 aliphatic rings. The van der Waals surface area contributed by atoms with Crippen molar-refractivity contribution in [3.8, 4) is 0 Å². The molecule has 13 heavy (non-hydrogen) atoms. The summed E-state index contributed by atoms with van der Waals surface area (Å²) in [5.74, 6) is 0.182. The van der Waals surface area contributed by atoms with E-state index < -0.39 is 0 Å². The van der Waals surface area contributed by atoms with Gasteiger partial charge in [-0.25, -0.2) is 0 Å². The molecule has 0 aliphatic heterocycles. The number of carbonyl (C=O) groups is 1. The predicted octanol–water partition coefficient (Wildman–Crippen LogP) is 3.07. The van der Waals surface area contributed by atoms with Crippen molar-refractivity contribution in [2.45, 2.75) is 20.3 Å². The quantitative estimate of drug-likeness (QED) is 0.643. The molecule has 0 heterocycles. The molecule has 0 bridgehead atoms. The molecular weight excluding hydrogens is 160 g/mol. The molecule has 0 spiro atoms. The Morgan fingerprint density at radius 1 is 1.31 bits per heavy atom. The van der Waals surface area contributed by atoms with Gasteiger partial charge in [-0.05, 0) is 24.1 Å². The number of carbonyl (C=O) groups excluding carboxylic acids is 1. The summed E-state index contributed by atoms with van der Waals surface area (Å²) < 4.78 is 0. The molecule has 0 amide bonds. The van der Waals surface area contributed by atoms with Crippen LogP contribution in [-0.2, 0) is 4.79 Å². The van der Waals surface area contributed by atoms with Crippen LogP contribution in [-0.4, -0.2) is 5.78 Å². The van der Waals surface area contributed by atoms with Crippen LogP contribution >= 0.6 is 0 Å². The van der Waals surface area contributed by atoms with Gasteiger partial charge in [0.1, 0.15) is 0 Å². The maximum Gasteiger partial charge on any atom is 0.155 e. The van der Waals surface area contributed by atoms with E-state index in [2.05, 4.69) is 0 Å². The second-order valence-electron chi connectivity index (χ2n) is 3.01. The molecule has 0 unspecified atom stereocenters. The molecule has 1 aromatic carbocycles. The van der Waals surface area contributed by atoms with E-state index in [1.165, 1.54) is 0 Å². The zero-order chi connectivity index (χ0) is 9.68. The zero-order valence-electron chi connectivity index (χ0n) is 8.08. The minimum absolute atomic E-state index is 0.182. The van der Waals surface area contributed by atoms with Crippen LogP contribution in [0.25, 0.3) is 5.57 Å². The van der Waals surface area contributed by atoms with Crippen molar-refractivity contribution >= 4 is 11.4 Å². The molecule has 0 aliphatic carbocycles. The maximum absolute atomic E-state index is 11.1.